The third kappa shape index (κ3) is 6.18. The third-order valence-electron chi connectivity index (χ3n) is 6.54. The normalized spacial score (nSPS) is 16.6. The first kappa shape index (κ1) is 29.6. The number of carbonyl (C=O) groups excluding carboxylic acids is 2. The predicted molar refractivity (Wildman–Crippen MR) is 150 cm³/mol. The van der Waals surface area contributed by atoms with E-state index in [9.17, 15) is 26.4 Å². The van der Waals surface area contributed by atoms with Crippen LogP contribution in [0.4, 0.5) is 16.2 Å². The molecular weight excluding hydrogens is 560 g/mol. The second kappa shape index (κ2) is 10.9. The van der Waals surface area contributed by atoms with Gasteiger partial charge in [-0.05, 0) is 45.0 Å². The first-order valence-electron chi connectivity index (χ1n) is 12.7. The van der Waals surface area contributed by atoms with Crippen LogP contribution in [0.2, 0.25) is 0 Å². The molecule has 0 radical (unpaired) electrons. The minimum Gasteiger partial charge on any atom is -0.489 e. The highest BCUT2D eigenvalue weighted by Gasteiger charge is 2.34. The van der Waals surface area contributed by atoms with Crippen molar-refractivity contribution < 1.29 is 35.9 Å². The number of hydrogen-bond acceptors (Lipinski definition) is 8. The number of rotatable bonds is 5. The molecule has 4 rings (SSSR count). The number of para-hydroxylation sites is 1. The summed E-state index contributed by atoms with van der Waals surface area (Å²) >= 11 is 0. The van der Waals surface area contributed by atoms with Gasteiger partial charge >= 0.3 is 6.09 Å². The lowest BCUT2D eigenvalue weighted by Crippen LogP contribution is -2.51. The van der Waals surface area contributed by atoms with E-state index in [1.807, 2.05) is 0 Å². The Morgan fingerprint density at radius 3 is 2.23 bits per heavy atom. The van der Waals surface area contributed by atoms with E-state index in [0.29, 0.717) is 5.69 Å². The van der Waals surface area contributed by atoms with E-state index in [1.54, 1.807) is 45.0 Å². The summed E-state index contributed by atoms with van der Waals surface area (Å²) in [5, 5.41) is 0. The summed E-state index contributed by atoms with van der Waals surface area (Å²) in [4.78, 5) is 28.9. The standard InChI is InChI=1S/C26H34N4O8S2/c1-26(2,3)38-25(32)28-12-14-29(15-13-28)40(35,36)19-10-11-22-23(18-19)37-17-16-30(22)24(31)20-8-6-7-9-21(20)27(4)39(5,33)34/h6-11,18H,12-17H2,1-5H3. The van der Waals surface area contributed by atoms with Crippen molar-refractivity contribution in [2.45, 2.75) is 31.3 Å². The summed E-state index contributed by atoms with van der Waals surface area (Å²) in [5.74, 6) is -0.216. The van der Waals surface area contributed by atoms with Crippen LogP contribution >= 0.6 is 0 Å². The Bertz CT molecular complexity index is 1510. The fraction of sp³-hybridized carbons (Fsp3) is 0.462. The molecule has 40 heavy (non-hydrogen) atoms. The molecule has 0 saturated carbocycles. The van der Waals surface area contributed by atoms with Crippen molar-refractivity contribution in [2.75, 3.05) is 61.8 Å². The summed E-state index contributed by atoms with van der Waals surface area (Å²) in [6.45, 7) is 6.23. The predicted octanol–water partition coefficient (Wildman–Crippen LogP) is 2.36. The minimum atomic E-state index is -3.91. The summed E-state index contributed by atoms with van der Waals surface area (Å²) in [5.41, 5.74) is 0.141. The first-order valence-corrected chi connectivity index (χ1v) is 16.0. The molecule has 0 N–H and O–H groups in total. The van der Waals surface area contributed by atoms with E-state index < -0.39 is 37.6 Å². The maximum atomic E-state index is 13.6. The zero-order valence-electron chi connectivity index (χ0n) is 23.2. The van der Waals surface area contributed by atoms with Gasteiger partial charge in [-0.1, -0.05) is 12.1 Å². The Kier molecular flexibility index (Phi) is 8.07. The van der Waals surface area contributed by atoms with Gasteiger partial charge in [-0.25, -0.2) is 21.6 Å². The van der Waals surface area contributed by atoms with Crippen molar-refractivity contribution in [2.24, 2.45) is 0 Å². The number of fused-ring (bicyclic) bond motifs is 1. The largest absolute Gasteiger partial charge is 0.489 e. The number of amides is 2. The number of hydrogen-bond donors (Lipinski definition) is 0. The van der Waals surface area contributed by atoms with Crippen molar-refractivity contribution in [3.8, 4) is 5.75 Å². The number of nitrogens with zero attached hydrogens (tertiary/aromatic N) is 4. The van der Waals surface area contributed by atoms with Crippen LogP contribution in [0.5, 0.6) is 5.75 Å². The second-order valence-corrected chi connectivity index (χ2v) is 14.5. The fourth-order valence-electron chi connectivity index (χ4n) is 4.41. The van der Waals surface area contributed by atoms with Gasteiger partial charge in [0.2, 0.25) is 20.0 Å². The number of piperazine rings is 1. The van der Waals surface area contributed by atoms with E-state index in [1.165, 1.54) is 39.4 Å². The molecule has 0 aromatic heterocycles. The van der Waals surface area contributed by atoms with Crippen LogP contribution in [0.25, 0.3) is 0 Å². The van der Waals surface area contributed by atoms with E-state index >= 15 is 0 Å². The molecule has 1 fully saturated rings. The molecule has 0 aliphatic carbocycles. The molecule has 0 spiro atoms. The average molecular weight is 595 g/mol. The van der Waals surface area contributed by atoms with Crippen molar-refractivity contribution in [1.82, 2.24) is 9.21 Å². The molecule has 1 saturated heterocycles. The highest BCUT2D eigenvalue weighted by atomic mass is 32.2. The van der Waals surface area contributed by atoms with Gasteiger partial charge in [0, 0.05) is 39.3 Å². The number of benzene rings is 2. The second-order valence-electron chi connectivity index (χ2n) is 10.6. The van der Waals surface area contributed by atoms with Crippen LogP contribution in [0.15, 0.2) is 47.4 Å². The van der Waals surface area contributed by atoms with Crippen molar-refractivity contribution in [3.63, 3.8) is 0 Å². The molecule has 12 nitrogen and oxygen atoms in total. The Morgan fingerprint density at radius 2 is 1.60 bits per heavy atom. The van der Waals surface area contributed by atoms with Crippen molar-refractivity contribution >= 4 is 43.4 Å². The van der Waals surface area contributed by atoms with Gasteiger partial charge in [-0.3, -0.25) is 9.10 Å². The highest BCUT2D eigenvalue weighted by Crippen LogP contribution is 2.36. The lowest BCUT2D eigenvalue weighted by Gasteiger charge is -2.35. The third-order valence-corrected chi connectivity index (χ3v) is 9.63. The molecule has 2 aliphatic rings. The molecular formula is C26H34N4O8S2. The molecule has 2 heterocycles. The van der Waals surface area contributed by atoms with Gasteiger partial charge < -0.3 is 19.3 Å². The molecule has 2 aliphatic heterocycles. The quantitative estimate of drug-likeness (QED) is 0.515. The van der Waals surface area contributed by atoms with Crippen molar-refractivity contribution in [3.05, 3.63) is 48.0 Å². The van der Waals surface area contributed by atoms with E-state index in [2.05, 4.69) is 0 Å². The van der Waals surface area contributed by atoms with Crippen LogP contribution in [-0.4, -0.2) is 96.3 Å². The molecule has 2 aromatic rings. The van der Waals surface area contributed by atoms with Crippen LogP contribution in [0.1, 0.15) is 31.1 Å². The molecule has 218 valence electrons. The van der Waals surface area contributed by atoms with E-state index in [0.717, 1.165) is 10.6 Å². The Morgan fingerprint density at radius 1 is 0.950 bits per heavy atom. The maximum absolute atomic E-state index is 13.6. The van der Waals surface area contributed by atoms with Crippen LogP contribution in [0, 0.1) is 0 Å². The van der Waals surface area contributed by atoms with E-state index in [4.69, 9.17) is 9.47 Å². The molecule has 2 amide bonds. The Balaban J connectivity index is 1.55. The first-order chi connectivity index (χ1) is 18.6. The lowest BCUT2D eigenvalue weighted by molar-refractivity contribution is 0.0192. The number of anilines is 2. The maximum Gasteiger partial charge on any atom is 0.410 e. The molecule has 2 aromatic carbocycles. The van der Waals surface area contributed by atoms with Crippen LogP contribution < -0.4 is 13.9 Å². The molecule has 14 heteroatoms. The number of carbonyl (C=O) groups is 2. The summed E-state index contributed by atoms with van der Waals surface area (Å²) in [7, 11) is -6.15. The Hall–Kier alpha value is -3.36. The molecule has 0 atom stereocenters. The van der Waals surface area contributed by atoms with Crippen LogP contribution in [0.3, 0.4) is 0 Å². The molecule has 0 unspecified atom stereocenters. The zero-order valence-corrected chi connectivity index (χ0v) is 24.8. The monoisotopic (exact) mass is 594 g/mol. The smallest absolute Gasteiger partial charge is 0.410 e. The average Bonchev–Trinajstić information content (AvgIpc) is 2.90. The molecule has 0 bridgehead atoms. The minimum absolute atomic E-state index is 0.00322. The van der Waals surface area contributed by atoms with Gasteiger partial charge in [0.05, 0.1) is 34.6 Å². The summed E-state index contributed by atoms with van der Waals surface area (Å²) in [6, 6.07) is 10.7. The SMILES string of the molecule is CN(c1ccccc1C(=O)N1CCOc2cc(S(=O)(=O)N3CCN(C(=O)OC(C)(C)C)CC3)ccc21)S(C)(=O)=O. The fourth-order valence-corrected chi connectivity index (χ4v) is 6.37. The van der Waals surface area contributed by atoms with Crippen molar-refractivity contribution in [1.29, 1.82) is 0 Å². The Labute approximate surface area is 235 Å². The van der Waals surface area contributed by atoms with Gasteiger partial charge in [-0.15, -0.1) is 0 Å². The summed E-state index contributed by atoms with van der Waals surface area (Å²) < 4.78 is 64.6. The van der Waals surface area contributed by atoms with Gasteiger partial charge in [0.25, 0.3) is 5.91 Å². The van der Waals surface area contributed by atoms with Crippen LogP contribution in [-0.2, 0) is 24.8 Å². The summed E-state index contributed by atoms with van der Waals surface area (Å²) in [6.07, 6.45) is 0.568. The topological polar surface area (TPSA) is 134 Å². The number of sulfonamides is 2. The van der Waals surface area contributed by atoms with Gasteiger partial charge in [-0.2, -0.15) is 4.31 Å². The lowest BCUT2D eigenvalue weighted by atomic mass is 10.1. The van der Waals surface area contributed by atoms with Gasteiger partial charge in [0.15, 0.2) is 0 Å². The van der Waals surface area contributed by atoms with E-state index in [-0.39, 0.29) is 61.2 Å². The highest BCUT2D eigenvalue weighted by molar-refractivity contribution is 7.92. The zero-order chi connectivity index (χ0) is 29.5. The number of ether oxygens (including phenoxy) is 2. The van der Waals surface area contributed by atoms with Gasteiger partial charge in [0.1, 0.15) is 18.0 Å².